The Hall–Kier alpha value is -0.860. The van der Waals surface area contributed by atoms with Crippen LogP contribution in [0, 0.1) is 5.82 Å². The maximum Gasteiger partial charge on any atom is 0.129 e. The van der Waals surface area contributed by atoms with E-state index in [1.165, 1.54) is 23.6 Å². The van der Waals surface area contributed by atoms with Crippen LogP contribution in [0.1, 0.15) is 34.1 Å². The zero-order valence-corrected chi connectivity index (χ0v) is 12.6. The van der Waals surface area contributed by atoms with E-state index in [1.807, 2.05) is 12.1 Å². The second kappa shape index (κ2) is 5.26. The molecule has 0 amide bonds. The largest absolute Gasteiger partial charge is 0.207 e. The van der Waals surface area contributed by atoms with Crippen LogP contribution >= 0.6 is 27.5 Å². The second-order valence-corrected chi connectivity index (χ2v) is 6.26. The molecule has 0 bridgehead atoms. The molecule has 1 unspecified atom stereocenters. The molecule has 0 fully saturated rings. The molecule has 0 saturated carbocycles. The van der Waals surface area contributed by atoms with E-state index in [4.69, 9.17) is 11.6 Å². The molecule has 2 aromatic carbocycles. The molecule has 3 rings (SSSR count). The molecule has 0 aliphatic heterocycles. The van der Waals surface area contributed by atoms with Crippen molar-refractivity contribution in [1.29, 1.82) is 0 Å². The first kappa shape index (κ1) is 13.1. The number of hydrogen-bond donors (Lipinski definition) is 0. The van der Waals surface area contributed by atoms with E-state index in [0.29, 0.717) is 5.56 Å². The van der Waals surface area contributed by atoms with Gasteiger partial charge in [0, 0.05) is 10.0 Å². The number of benzene rings is 2. The lowest BCUT2D eigenvalue weighted by Gasteiger charge is -2.13. The lowest BCUT2D eigenvalue weighted by atomic mass is 10.00. The van der Waals surface area contributed by atoms with Crippen molar-refractivity contribution in [3.05, 3.63) is 68.9 Å². The van der Waals surface area contributed by atoms with Gasteiger partial charge in [0.1, 0.15) is 5.82 Å². The minimum Gasteiger partial charge on any atom is -0.207 e. The van der Waals surface area contributed by atoms with E-state index in [0.717, 1.165) is 22.9 Å². The molecule has 0 heterocycles. The Balaban J connectivity index is 1.97. The van der Waals surface area contributed by atoms with E-state index in [1.54, 1.807) is 6.07 Å². The van der Waals surface area contributed by atoms with Gasteiger partial charge in [-0.25, -0.2) is 4.39 Å². The van der Waals surface area contributed by atoms with E-state index in [-0.39, 0.29) is 5.82 Å². The summed E-state index contributed by atoms with van der Waals surface area (Å²) in [4.78, 5) is 0. The first-order valence-electron chi connectivity index (χ1n) is 6.36. The fourth-order valence-corrected chi connectivity index (χ4v) is 3.28. The van der Waals surface area contributed by atoms with Crippen molar-refractivity contribution in [2.45, 2.75) is 24.6 Å². The average Bonchev–Trinajstić information content (AvgIpc) is 2.85. The second-order valence-electron chi connectivity index (χ2n) is 4.91. The van der Waals surface area contributed by atoms with Crippen LogP contribution in [0.3, 0.4) is 0 Å². The quantitative estimate of drug-likeness (QED) is 0.642. The SMILES string of the molecule is Fc1cc(Br)ccc1C(Cl)c1ccc2c(c1)CCC2. The smallest absolute Gasteiger partial charge is 0.129 e. The van der Waals surface area contributed by atoms with Gasteiger partial charge in [0.15, 0.2) is 0 Å². The first-order chi connectivity index (χ1) is 9.15. The lowest BCUT2D eigenvalue weighted by Crippen LogP contribution is -1.98. The number of rotatable bonds is 2. The summed E-state index contributed by atoms with van der Waals surface area (Å²) in [7, 11) is 0. The normalized spacial score (nSPS) is 15.3. The molecular formula is C16H13BrClF. The third-order valence-corrected chi connectivity index (χ3v) is 4.63. The van der Waals surface area contributed by atoms with Gasteiger partial charge in [0.2, 0.25) is 0 Å². The van der Waals surface area contributed by atoms with Gasteiger partial charge in [-0.2, -0.15) is 0 Å². The van der Waals surface area contributed by atoms with Crippen molar-refractivity contribution in [1.82, 2.24) is 0 Å². The van der Waals surface area contributed by atoms with Gasteiger partial charge >= 0.3 is 0 Å². The molecule has 0 aromatic heterocycles. The Morgan fingerprint density at radius 1 is 1.05 bits per heavy atom. The predicted octanol–water partition coefficient (Wildman–Crippen LogP) is 5.41. The summed E-state index contributed by atoms with van der Waals surface area (Å²) in [5.74, 6) is -0.269. The summed E-state index contributed by atoms with van der Waals surface area (Å²) in [6, 6.07) is 11.3. The van der Waals surface area contributed by atoms with Crippen LogP contribution in [0.5, 0.6) is 0 Å². The Labute approximate surface area is 125 Å². The first-order valence-corrected chi connectivity index (χ1v) is 7.59. The summed E-state index contributed by atoms with van der Waals surface area (Å²) < 4.78 is 14.7. The van der Waals surface area contributed by atoms with E-state index in [9.17, 15) is 4.39 Å². The van der Waals surface area contributed by atoms with Gasteiger partial charge < -0.3 is 0 Å². The fourth-order valence-electron chi connectivity index (χ4n) is 2.64. The van der Waals surface area contributed by atoms with Crippen molar-refractivity contribution >= 4 is 27.5 Å². The molecular weight excluding hydrogens is 327 g/mol. The number of hydrogen-bond acceptors (Lipinski definition) is 0. The van der Waals surface area contributed by atoms with E-state index in [2.05, 4.69) is 28.1 Å². The van der Waals surface area contributed by atoms with Gasteiger partial charge in [-0.05, 0) is 48.1 Å². The summed E-state index contributed by atoms with van der Waals surface area (Å²) >= 11 is 9.69. The van der Waals surface area contributed by atoms with Crippen molar-refractivity contribution in [3.8, 4) is 0 Å². The molecule has 98 valence electrons. The highest BCUT2D eigenvalue weighted by Crippen LogP contribution is 2.34. The molecule has 2 aromatic rings. The summed E-state index contributed by atoms with van der Waals surface area (Å²) in [5, 5.41) is -0.431. The number of alkyl halides is 1. The Kier molecular flexibility index (Phi) is 3.64. The van der Waals surface area contributed by atoms with Gasteiger partial charge in [-0.3, -0.25) is 0 Å². The van der Waals surface area contributed by atoms with Crippen LogP contribution in [-0.4, -0.2) is 0 Å². The molecule has 0 nitrogen and oxygen atoms in total. The average molecular weight is 340 g/mol. The molecule has 0 saturated heterocycles. The molecule has 1 aliphatic rings. The Morgan fingerprint density at radius 2 is 1.84 bits per heavy atom. The highest BCUT2D eigenvalue weighted by atomic mass is 79.9. The van der Waals surface area contributed by atoms with Gasteiger partial charge in [0.05, 0.1) is 5.38 Å². The molecule has 1 atom stereocenters. The van der Waals surface area contributed by atoms with E-state index >= 15 is 0 Å². The monoisotopic (exact) mass is 338 g/mol. The number of fused-ring (bicyclic) bond motifs is 1. The number of aryl methyl sites for hydroxylation is 2. The Morgan fingerprint density at radius 3 is 2.63 bits per heavy atom. The summed E-state index contributed by atoms with van der Waals surface area (Å²) in [5.41, 5.74) is 4.27. The molecule has 0 spiro atoms. The van der Waals surface area contributed by atoms with Crippen LogP contribution in [-0.2, 0) is 12.8 Å². The van der Waals surface area contributed by atoms with Gasteiger partial charge in [-0.1, -0.05) is 40.2 Å². The molecule has 19 heavy (non-hydrogen) atoms. The molecule has 1 aliphatic carbocycles. The summed E-state index contributed by atoms with van der Waals surface area (Å²) in [6.45, 7) is 0. The molecule has 3 heteroatoms. The third-order valence-electron chi connectivity index (χ3n) is 3.65. The Bertz CT molecular complexity index is 624. The molecule has 0 N–H and O–H groups in total. The fraction of sp³-hybridized carbons (Fsp3) is 0.250. The predicted molar refractivity (Wildman–Crippen MR) is 80.3 cm³/mol. The van der Waals surface area contributed by atoms with Crippen LogP contribution in [0.2, 0.25) is 0 Å². The van der Waals surface area contributed by atoms with Gasteiger partial charge in [-0.15, -0.1) is 11.6 Å². The lowest BCUT2D eigenvalue weighted by molar-refractivity contribution is 0.611. The minimum absolute atomic E-state index is 0.269. The van der Waals surface area contributed by atoms with Crippen LogP contribution in [0.4, 0.5) is 4.39 Å². The minimum atomic E-state index is -0.431. The zero-order valence-electron chi connectivity index (χ0n) is 10.3. The van der Waals surface area contributed by atoms with Crippen molar-refractivity contribution < 1.29 is 4.39 Å². The number of halogens is 3. The van der Waals surface area contributed by atoms with E-state index < -0.39 is 5.38 Å². The van der Waals surface area contributed by atoms with Crippen molar-refractivity contribution in [2.75, 3.05) is 0 Å². The maximum atomic E-state index is 13.9. The van der Waals surface area contributed by atoms with Crippen molar-refractivity contribution in [3.63, 3.8) is 0 Å². The van der Waals surface area contributed by atoms with Crippen LogP contribution in [0.15, 0.2) is 40.9 Å². The molecule has 0 radical (unpaired) electrons. The van der Waals surface area contributed by atoms with Crippen LogP contribution in [0.25, 0.3) is 0 Å². The van der Waals surface area contributed by atoms with Crippen molar-refractivity contribution in [2.24, 2.45) is 0 Å². The van der Waals surface area contributed by atoms with Crippen LogP contribution < -0.4 is 0 Å². The summed E-state index contributed by atoms with van der Waals surface area (Å²) in [6.07, 6.45) is 3.46. The standard InChI is InChI=1S/C16H13BrClF/c17-13-6-7-14(15(19)9-13)16(18)12-5-4-10-2-1-3-11(10)8-12/h4-9,16H,1-3H2. The zero-order chi connectivity index (χ0) is 13.4. The third kappa shape index (κ3) is 2.56. The van der Waals surface area contributed by atoms with Gasteiger partial charge in [0.25, 0.3) is 0 Å². The highest BCUT2D eigenvalue weighted by molar-refractivity contribution is 9.10. The topological polar surface area (TPSA) is 0 Å². The highest BCUT2D eigenvalue weighted by Gasteiger charge is 2.18. The maximum absolute atomic E-state index is 13.9.